The number of carbonyl (C=O) groups is 11. The van der Waals surface area contributed by atoms with E-state index >= 15 is 0 Å². The van der Waals surface area contributed by atoms with Gasteiger partial charge in [0.05, 0.1) is 133 Å². The lowest BCUT2D eigenvalue weighted by Crippen LogP contribution is -2.62. The van der Waals surface area contributed by atoms with E-state index in [4.69, 9.17) is 44.4 Å². The summed E-state index contributed by atoms with van der Waals surface area (Å²) in [6, 6.07) is 64.9. The number of non-ortho nitro benzene ring substituents is 2. The van der Waals surface area contributed by atoms with Crippen LogP contribution in [0, 0.1) is 55.7 Å². The van der Waals surface area contributed by atoms with Gasteiger partial charge in [0, 0.05) is 81.6 Å². The highest BCUT2D eigenvalue weighted by Gasteiger charge is 2.61. The Kier molecular flexibility index (Phi) is 35.4. The number of aliphatic hydroxyl groups is 2. The number of amides is 2. The number of hydrogen-bond donors (Lipinski definition) is 7. The topological polar surface area (TPSA) is 524 Å². The Morgan fingerprint density at radius 1 is 0.432 bits per heavy atom. The van der Waals surface area contributed by atoms with Crippen molar-refractivity contribution in [1.29, 1.82) is 0 Å². The zero-order chi connectivity index (χ0) is 106. The van der Waals surface area contributed by atoms with Crippen molar-refractivity contribution in [3.05, 3.63) is 371 Å². The van der Waals surface area contributed by atoms with E-state index in [1.165, 1.54) is 87.8 Å². The maximum Gasteiger partial charge on any atom is 0.363 e. The maximum absolute atomic E-state index is 13.4. The molecule has 0 radical (unpaired) electrons. The number of aliphatic hydroxyl groups excluding tert-OH is 2. The van der Waals surface area contributed by atoms with Gasteiger partial charge in [0.2, 0.25) is 11.8 Å². The molecule has 754 valence electrons. The number of ether oxygens (including phenoxy) is 9. The Labute approximate surface area is 834 Å². The van der Waals surface area contributed by atoms with Gasteiger partial charge in [0.15, 0.2) is 0 Å². The number of aromatic carboxylic acids is 1. The van der Waals surface area contributed by atoms with Gasteiger partial charge >= 0.3 is 53.7 Å². The average Bonchev–Trinajstić information content (AvgIpc) is 1.55. The number of furan rings is 1. The minimum absolute atomic E-state index is 0.000787. The molecule has 12 aromatic carbocycles. The van der Waals surface area contributed by atoms with E-state index in [1.54, 1.807) is 97.5 Å². The van der Waals surface area contributed by atoms with Gasteiger partial charge < -0.3 is 93.2 Å². The largest absolute Gasteiger partial charge is 0.507 e. The number of phenolic OH excluding ortho intramolecular Hbond substituents is 3. The van der Waals surface area contributed by atoms with Gasteiger partial charge in [-0.2, -0.15) is 0 Å². The number of benzene rings is 12. The molecule has 6 aliphatic rings. The third-order valence-corrected chi connectivity index (χ3v) is 25.0. The molecule has 0 spiro atoms. The molecule has 2 unspecified atom stereocenters. The summed E-state index contributed by atoms with van der Waals surface area (Å²) >= 11 is 0. The monoisotopic (exact) mass is 1990 g/mol. The summed E-state index contributed by atoms with van der Waals surface area (Å²) in [5, 5.41) is 84.0. The number of phenols is 3. The summed E-state index contributed by atoms with van der Waals surface area (Å²) in [4.78, 5) is 157. The second-order valence-electron chi connectivity index (χ2n) is 34.2. The molecule has 36 nitrogen and oxygen atoms in total. The predicted molar refractivity (Wildman–Crippen MR) is 531 cm³/mol. The van der Waals surface area contributed by atoms with Gasteiger partial charge in [-0.05, 0) is 147 Å². The van der Waals surface area contributed by atoms with Gasteiger partial charge in [0.1, 0.15) is 53.2 Å². The molecule has 1 aromatic heterocycles. The molecule has 19 rings (SSSR count). The number of rotatable bonds is 20. The zero-order valence-corrected chi connectivity index (χ0v) is 80.8. The van der Waals surface area contributed by atoms with Crippen LogP contribution in [0.15, 0.2) is 294 Å². The first-order valence-electron chi connectivity index (χ1n) is 45.5. The Morgan fingerprint density at radius 2 is 0.829 bits per heavy atom. The van der Waals surface area contributed by atoms with E-state index in [1.807, 2.05) is 145 Å². The molecule has 0 saturated carbocycles. The molecule has 8 N–H and O–H groups in total. The second kappa shape index (κ2) is 48.2. The lowest BCUT2D eigenvalue weighted by atomic mass is 9.74. The van der Waals surface area contributed by atoms with Crippen LogP contribution in [0.25, 0.3) is 43.1 Å². The van der Waals surface area contributed by atoms with Crippen LogP contribution in [0.4, 0.5) is 17.1 Å². The molecule has 2 bridgehead atoms. The first kappa shape index (κ1) is 107. The van der Waals surface area contributed by atoms with Crippen LogP contribution < -0.4 is 10.5 Å². The number of nitro groups is 2. The van der Waals surface area contributed by atoms with Crippen LogP contribution in [-0.2, 0) is 70.3 Å². The molecular weight excluding hydrogens is 1890 g/mol. The number of carboxylic acid groups (broad SMARTS) is 1. The molecule has 146 heavy (non-hydrogen) atoms. The summed E-state index contributed by atoms with van der Waals surface area (Å²) < 4.78 is 50.3. The van der Waals surface area contributed by atoms with Gasteiger partial charge in [-0.15, -0.1) is 0 Å². The minimum atomic E-state index is -1.25. The number of nitrogens with zero attached hydrogens (tertiary/aromatic N) is 4. The maximum atomic E-state index is 13.4. The van der Waals surface area contributed by atoms with Crippen molar-refractivity contribution in [2.75, 3.05) is 54.5 Å². The average molecular weight is 1990 g/mol. The Morgan fingerprint density at radius 3 is 1.32 bits per heavy atom. The highest BCUT2D eigenvalue weighted by atomic mass is 16.6. The van der Waals surface area contributed by atoms with Crippen LogP contribution >= 0.6 is 0 Å². The van der Waals surface area contributed by atoms with Crippen molar-refractivity contribution in [2.24, 2.45) is 35.5 Å². The van der Waals surface area contributed by atoms with Gasteiger partial charge in [-0.25, -0.2) is 43.2 Å². The fourth-order valence-electron chi connectivity index (χ4n) is 18.0. The number of carbonyl (C=O) groups excluding carboxylic acids is 10. The molecule has 6 aliphatic heterocycles. The highest BCUT2D eigenvalue weighted by molar-refractivity contribution is 6.11. The van der Waals surface area contributed by atoms with Crippen molar-refractivity contribution in [1.82, 2.24) is 9.80 Å². The Balaban J connectivity index is 0.000000157. The predicted octanol–water partition coefficient (Wildman–Crippen LogP) is 17.6. The SMILES string of the molecule is CC(C)[C@H]1C(=O)N2C(C(=O)OC(=O)c3ccc([N+](=O)[O-])cc3)=C(COc3cccc4c(CO)cccc34)[C@H](C)[C@H]12.COC(=O)c1cccc(N)c1C(=O)O.COC(=O)c1cccc2c(O)cccc12.COC(=O)c1cccc2c1C1C=CC2O1.COC(=O)c1cccc2cccc(O)c12.COCC1=C(C(=O)OC(=O)c2ccc([N+](=O)[O-])cc2)N2C(=O)[C@H](C(C)C)[C@H]2[C@H]1C.OCc1cccc2c(O)cccc12.c1ccoc1. The van der Waals surface area contributed by atoms with Crippen molar-refractivity contribution < 1.29 is 140 Å². The minimum Gasteiger partial charge on any atom is -0.507 e. The van der Waals surface area contributed by atoms with E-state index in [-0.39, 0.29) is 172 Å². The van der Waals surface area contributed by atoms with E-state index in [9.17, 15) is 93.4 Å². The number of anilines is 1. The quantitative estimate of drug-likeness (QED) is 0.00544. The Hall–Kier alpha value is -17.6. The number of fused-ring (bicyclic) bond motifs is 11. The second-order valence-corrected chi connectivity index (χ2v) is 34.2. The highest BCUT2D eigenvalue weighted by Crippen LogP contribution is 2.52. The molecule has 2 fully saturated rings. The number of β-lactam (4-membered cyclic amide) rings is 2. The number of methoxy groups -OCH3 is 5. The van der Waals surface area contributed by atoms with E-state index in [0.717, 1.165) is 73.5 Å². The fraction of sp³-hybridized carbons (Fsp3) is 0.227. The number of nitrogen functional groups attached to an aromatic ring is 1. The molecule has 36 heteroatoms. The molecule has 13 aromatic rings. The van der Waals surface area contributed by atoms with E-state index in [0.29, 0.717) is 49.7 Å². The van der Waals surface area contributed by atoms with Crippen molar-refractivity contribution in [2.45, 2.75) is 79.0 Å². The van der Waals surface area contributed by atoms with E-state index < -0.39 is 57.6 Å². The molecule has 2 saturated heterocycles. The van der Waals surface area contributed by atoms with Crippen molar-refractivity contribution >= 4 is 126 Å². The molecule has 0 aliphatic carbocycles. The lowest BCUT2D eigenvalue weighted by molar-refractivity contribution is -0.385. The number of nitrogens with two attached hydrogens (primary N) is 1. The molecule has 8 atom stereocenters. The van der Waals surface area contributed by atoms with Crippen LogP contribution in [-0.4, -0.2) is 177 Å². The Bertz CT molecular complexity index is 7230. The molecule has 7 heterocycles. The molecular formula is C110H103N5O31. The van der Waals surface area contributed by atoms with Crippen molar-refractivity contribution in [3.8, 4) is 23.0 Å². The fourth-order valence-corrected chi connectivity index (χ4v) is 18.0. The standard InChI is InChI=1S/C30H28N2O8.C20H22N2O7.3C12H10O3.C11H10O2.C9H9NO4.C4H4O/c1-16(2)25-26-17(3)23(15-39-24-9-5-7-21-19(14-33)6-4-8-22(21)24)27(31(26)28(25)34)30(36)40-29(35)18-10-12-20(13-11-18)32(37)38;1-10(2)15-16-11(3)14(9-28-4)17(21(16)18(15)23)20(25)29-19(24)12-5-7-13(8-6-12)22(26)27;1-14-12(13)8-4-2-3-7-9-5-6-10(15-9)11(7)8;1-15-12(14)10-6-2-5-9-8(10)4-3-7-11(9)13;1-15-12(14)9-6-2-4-8-5-3-7-10(13)11(8)9;12-7-8-3-1-5-10-9(8)4-2-6-11(10)13;1-14-9(13)5-3-2-4-6(10)7(5)8(11)12;1-2-4-5-3-1/h4-13,16-17,25-26,33H,14-15H2,1-3H3;5-8,10-11,15-16H,9H2,1-4H3;2-6,9-10H,1H3;2*2-7,13H,1H3;1-6,12-13H,7H2;2-4H,10H2,1H3,(H,11,12);1-4H/t17-,25+,26+;11-,15+,16+;;;;;;/m00....../s1. The first-order valence-corrected chi connectivity index (χ1v) is 45.5. The summed E-state index contributed by atoms with van der Waals surface area (Å²) in [6.45, 7) is 11.6. The number of carboxylic acids is 1. The summed E-state index contributed by atoms with van der Waals surface area (Å²) in [7, 11) is 6.72. The lowest BCUT2D eigenvalue weighted by Gasteiger charge is -2.47. The van der Waals surface area contributed by atoms with Crippen molar-refractivity contribution in [3.63, 3.8) is 0 Å². The first-order chi connectivity index (χ1) is 70.0. The zero-order valence-electron chi connectivity index (χ0n) is 80.8. The molecule has 2 amide bonds. The van der Waals surface area contributed by atoms with Gasteiger partial charge in [-0.3, -0.25) is 29.8 Å². The van der Waals surface area contributed by atoms with E-state index in [2.05, 4.69) is 18.6 Å². The van der Waals surface area contributed by atoms with Crippen LogP contribution in [0.3, 0.4) is 0 Å². The van der Waals surface area contributed by atoms with Crippen LogP contribution in [0.1, 0.15) is 149 Å². The normalized spacial score (nSPS) is 16.9. The number of esters is 8. The number of aromatic hydroxyl groups is 3. The van der Waals surface area contributed by atoms with Crippen LogP contribution in [0.2, 0.25) is 0 Å². The third-order valence-electron chi connectivity index (χ3n) is 25.0. The number of nitro benzene ring substituents is 2. The smallest absolute Gasteiger partial charge is 0.363 e. The van der Waals surface area contributed by atoms with Gasteiger partial charge in [-0.1, -0.05) is 181 Å². The van der Waals surface area contributed by atoms with Gasteiger partial charge in [0.25, 0.3) is 11.4 Å². The summed E-state index contributed by atoms with van der Waals surface area (Å²) in [5.41, 5.74) is 11.1. The summed E-state index contributed by atoms with van der Waals surface area (Å²) in [6.07, 6.45) is 7.21. The third kappa shape index (κ3) is 23.2. The number of hydrogen-bond acceptors (Lipinski definition) is 31. The van der Waals surface area contributed by atoms with Crippen LogP contribution in [0.5, 0.6) is 23.0 Å². The summed E-state index contributed by atoms with van der Waals surface area (Å²) in [5.74, 6) is -6.91.